The number of hydrogen-bond donors (Lipinski definition) is 4. The zero-order valence-corrected chi connectivity index (χ0v) is 19.0. The number of hydrogen-bond acceptors (Lipinski definition) is 5. The molecule has 4 aromatic rings. The van der Waals surface area contributed by atoms with Gasteiger partial charge in [-0.2, -0.15) is 8.42 Å². The molecule has 0 amide bonds. The molecule has 0 aliphatic heterocycles. The van der Waals surface area contributed by atoms with Crippen LogP contribution in [0.4, 0.5) is 22.7 Å². The number of aromatic hydroxyl groups is 1. The molecule has 0 aliphatic carbocycles. The second-order valence-electron chi connectivity index (χ2n) is 6.48. The van der Waals surface area contributed by atoms with Crippen LogP contribution in [-0.4, -0.2) is 47.6 Å². The fourth-order valence-corrected chi connectivity index (χ4v) is 3.91. The van der Waals surface area contributed by atoms with Crippen LogP contribution in [0.5, 0.6) is 5.75 Å². The molecule has 4 rings (SSSR count). The average molecular weight is 429 g/mol. The Morgan fingerprint density at radius 3 is 1.93 bits per heavy atom. The van der Waals surface area contributed by atoms with E-state index in [-0.39, 0.29) is 40.2 Å². The summed E-state index contributed by atoms with van der Waals surface area (Å²) in [6.45, 7) is 0. The average Bonchev–Trinajstić information content (AvgIpc) is 2.71. The van der Waals surface area contributed by atoms with Gasteiger partial charge in [-0.1, -0.05) is 30.3 Å². The minimum atomic E-state index is -4.44. The largest absolute Gasteiger partial charge is 0.508 e. The number of phenolic OH excluding ortho intramolecular Hbond substituents is 1. The summed E-state index contributed by atoms with van der Waals surface area (Å²) < 4.78 is 33.9. The van der Waals surface area contributed by atoms with Crippen LogP contribution in [-0.2, 0) is 10.1 Å². The number of fused-ring (bicyclic) bond motifs is 1. The van der Waals surface area contributed by atoms with E-state index in [2.05, 4.69) is 10.6 Å². The molecule has 4 N–H and O–H groups in total. The van der Waals surface area contributed by atoms with Gasteiger partial charge in [-0.3, -0.25) is 4.55 Å². The van der Waals surface area contributed by atoms with Crippen LogP contribution in [0.15, 0.2) is 89.8 Å². The summed E-state index contributed by atoms with van der Waals surface area (Å²) in [6, 6.07) is 24.2. The summed E-state index contributed by atoms with van der Waals surface area (Å²) in [6.07, 6.45) is 0. The third-order valence-electron chi connectivity index (χ3n) is 4.48. The minimum absolute atomic E-state index is 0. The summed E-state index contributed by atoms with van der Waals surface area (Å²) >= 11 is 0. The number of anilines is 4. The van der Waals surface area contributed by atoms with Crippen molar-refractivity contribution in [2.45, 2.75) is 4.90 Å². The first-order valence-corrected chi connectivity index (χ1v) is 10.3. The quantitative estimate of drug-likeness (QED) is 0.205. The Hall–Kier alpha value is -2.55. The van der Waals surface area contributed by atoms with Crippen molar-refractivity contribution in [3.8, 4) is 5.75 Å². The van der Waals surface area contributed by atoms with Crippen molar-refractivity contribution in [3.63, 3.8) is 0 Å². The van der Waals surface area contributed by atoms with Crippen molar-refractivity contribution in [2.75, 3.05) is 10.6 Å². The van der Waals surface area contributed by atoms with Crippen molar-refractivity contribution in [1.82, 2.24) is 0 Å². The zero-order valence-electron chi connectivity index (χ0n) is 16.2. The van der Waals surface area contributed by atoms with Crippen LogP contribution in [0.1, 0.15) is 0 Å². The number of rotatable bonds is 5. The van der Waals surface area contributed by atoms with E-state index in [4.69, 9.17) is 0 Å². The third kappa shape index (κ3) is 4.77. The molecule has 147 valence electrons. The van der Waals surface area contributed by atoms with Crippen LogP contribution in [0.2, 0.25) is 0 Å². The van der Waals surface area contributed by atoms with E-state index < -0.39 is 10.1 Å². The Bertz CT molecular complexity index is 1280. The maximum absolute atomic E-state index is 12.0. The summed E-state index contributed by atoms with van der Waals surface area (Å²) in [5.74, 6) is 0.150. The van der Waals surface area contributed by atoms with Crippen LogP contribution in [0.3, 0.4) is 0 Å². The van der Waals surface area contributed by atoms with Gasteiger partial charge in [0.25, 0.3) is 10.1 Å². The maximum atomic E-state index is 12.0. The molecule has 0 spiro atoms. The molecule has 8 heteroatoms. The van der Waals surface area contributed by atoms with Gasteiger partial charge < -0.3 is 15.7 Å². The molecule has 4 aromatic carbocycles. The van der Waals surface area contributed by atoms with Crippen LogP contribution in [0.25, 0.3) is 10.8 Å². The normalized spacial score (nSPS) is 11.0. The Morgan fingerprint density at radius 2 is 1.27 bits per heavy atom. The fraction of sp³-hybridized carbons (Fsp3) is 0. The first-order valence-electron chi connectivity index (χ1n) is 8.83. The van der Waals surface area contributed by atoms with Gasteiger partial charge in [-0.15, -0.1) is 0 Å². The van der Waals surface area contributed by atoms with Crippen LogP contribution in [0, 0.1) is 0 Å². The monoisotopic (exact) mass is 429 g/mol. The van der Waals surface area contributed by atoms with Crippen molar-refractivity contribution >= 4 is 73.2 Å². The van der Waals surface area contributed by atoms with E-state index in [9.17, 15) is 18.1 Å². The Kier molecular flexibility index (Phi) is 6.70. The van der Waals surface area contributed by atoms with Crippen molar-refractivity contribution in [2.24, 2.45) is 0 Å². The standard InChI is InChI=1S/C22H18N2O4S.Na/c25-17-11-9-16(10-12-17)23-19-13-14-20(24-15-5-2-1-3-6-15)22-18(19)7-4-8-21(22)29(26,27)28;/h1-14,23-25H,(H,26,27,28);. The van der Waals surface area contributed by atoms with Crippen molar-refractivity contribution in [3.05, 3.63) is 84.9 Å². The minimum Gasteiger partial charge on any atom is -0.508 e. The van der Waals surface area contributed by atoms with E-state index in [1.54, 1.807) is 42.5 Å². The molecule has 0 unspecified atom stereocenters. The van der Waals surface area contributed by atoms with Crippen molar-refractivity contribution in [1.29, 1.82) is 0 Å². The first kappa shape index (κ1) is 22.1. The van der Waals surface area contributed by atoms with Crippen molar-refractivity contribution < 1.29 is 18.1 Å². The van der Waals surface area contributed by atoms with Gasteiger partial charge >= 0.3 is 0 Å². The fourth-order valence-electron chi connectivity index (χ4n) is 3.18. The molecule has 1 radical (unpaired) electrons. The summed E-state index contributed by atoms with van der Waals surface area (Å²) in [7, 11) is -4.44. The summed E-state index contributed by atoms with van der Waals surface area (Å²) in [4.78, 5) is -0.178. The Balaban J connectivity index is 0.00000256. The van der Waals surface area contributed by atoms with Gasteiger partial charge in [0.1, 0.15) is 10.6 Å². The van der Waals surface area contributed by atoms with E-state index in [0.717, 1.165) is 11.4 Å². The molecule has 0 atom stereocenters. The summed E-state index contributed by atoms with van der Waals surface area (Å²) in [5.41, 5.74) is 2.73. The molecule has 0 fully saturated rings. The summed E-state index contributed by atoms with van der Waals surface area (Å²) in [5, 5.41) is 16.9. The molecule has 0 bridgehead atoms. The third-order valence-corrected chi connectivity index (χ3v) is 5.38. The van der Waals surface area contributed by atoms with Gasteiger partial charge in [0.2, 0.25) is 0 Å². The maximum Gasteiger partial charge on any atom is 0.295 e. The SMILES string of the molecule is O=S(=O)(O)c1cccc2c(Nc3ccc(O)cc3)ccc(Nc3ccccc3)c12.[Na]. The van der Waals surface area contributed by atoms with E-state index in [0.29, 0.717) is 22.1 Å². The second-order valence-corrected chi connectivity index (χ2v) is 7.87. The number of para-hydroxylation sites is 1. The predicted molar refractivity (Wildman–Crippen MR) is 121 cm³/mol. The predicted octanol–water partition coefficient (Wildman–Crippen LogP) is 4.90. The van der Waals surface area contributed by atoms with E-state index in [1.165, 1.54) is 6.07 Å². The van der Waals surface area contributed by atoms with Gasteiger partial charge in [-0.25, -0.2) is 0 Å². The van der Waals surface area contributed by atoms with E-state index >= 15 is 0 Å². The van der Waals surface area contributed by atoms with Gasteiger partial charge in [0, 0.05) is 63.1 Å². The molecule has 0 heterocycles. The molecule has 6 nitrogen and oxygen atoms in total. The van der Waals surface area contributed by atoms with E-state index in [1.807, 2.05) is 36.4 Å². The van der Waals surface area contributed by atoms with Gasteiger partial charge in [0.05, 0.1) is 0 Å². The molecule has 0 saturated heterocycles. The topological polar surface area (TPSA) is 98.7 Å². The van der Waals surface area contributed by atoms with Crippen LogP contribution >= 0.6 is 0 Å². The molecule has 0 aliphatic rings. The smallest absolute Gasteiger partial charge is 0.295 e. The van der Waals surface area contributed by atoms with Gasteiger partial charge in [-0.05, 0) is 54.6 Å². The molecular weight excluding hydrogens is 411 g/mol. The first-order chi connectivity index (χ1) is 13.9. The Morgan fingerprint density at radius 1 is 0.667 bits per heavy atom. The second kappa shape index (κ2) is 9.07. The molecule has 30 heavy (non-hydrogen) atoms. The molecular formula is C22H18N2NaO4S. The Labute approximate surface area is 196 Å². The number of benzene rings is 4. The van der Waals surface area contributed by atoms with Gasteiger partial charge in [0.15, 0.2) is 0 Å². The molecule has 0 aromatic heterocycles. The molecule has 0 saturated carbocycles. The van der Waals surface area contributed by atoms with Crippen LogP contribution < -0.4 is 10.6 Å². The number of phenols is 1. The zero-order chi connectivity index (χ0) is 20.4. The number of nitrogens with one attached hydrogen (secondary N) is 2.